The fourth-order valence-corrected chi connectivity index (χ4v) is 2.48. The summed E-state index contributed by atoms with van der Waals surface area (Å²) < 4.78 is 20.9. The van der Waals surface area contributed by atoms with Crippen LogP contribution in [0.1, 0.15) is 19.8 Å². The van der Waals surface area contributed by atoms with E-state index in [0.29, 0.717) is 5.75 Å². The number of rotatable bonds is 0. The van der Waals surface area contributed by atoms with Gasteiger partial charge in [0.15, 0.2) is 0 Å². The highest BCUT2D eigenvalue weighted by Gasteiger charge is 2.20. The van der Waals surface area contributed by atoms with Gasteiger partial charge in [0, 0.05) is 6.04 Å². The third-order valence-electron chi connectivity index (χ3n) is 1.46. The maximum absolute atomic E-state index is 9.07. The largest absolute Gasteiger partial charge is 0.286 e. The number of hydrogen-bond acceptors (Lipinski definition) is 3. The first kappa shape index (κ1) is 7.34. The van der Waals surface area contributed by atoms with E-state index < -0.39 is 10.8 Å². The Bertz CT molecular complexity index is 107. The summed E-state index contributed by atoms with van der Waals surface area (Å²) in [6.07, 6.45) is 1.98. The van der Waals surface area contributed by atoms with Crippen molar-refractivity contribution < 1.29 is 9.11 Å². The lowest BCUT2D eigenvalue weighted by molar-refractivity contribution is 0.427. The summed E-state index contributed by atoms with van der Waals surface area (Å²) in [6, 6.07) is 0.267. The van der Waals surface area contributed by atoms with Crippen molar-refractivity contribution in [2.75, 3.05) is 5.75 Å². The van der Waals surface area contributed by atoms with Crippen LogP contribution in [-0.4, -0.2) is 20.9 Å². The molecule has 1 aliphatic heterocycles. The minimum Gasteiger partial charge on any atom is -0.286 e. The normalized spacial score (nSPS) is 37.9. The van der Waals surface area contributed by atoms with Crippen LogP contribution in [0.3, 0.4) is 0 Å². The second-order valence-corrected chi connectivity index (χ2v) is 4.51. The summed E-state index contributed by atoms with van der Waals surface area (Å²) in [7, 11) is -2.38. The Kier molecular flexibility index (Phi) is 2.00. The van der Waals surface area contributed by atoms with Crippen molar-refractivity contribution in [2.24, 2.45) is 0 Å². The molecule has 0 amide bonds. The van der Waals surface area contributed by atoms with Gasteiger partial charge in [-0.05, 0) is 19.8 Å². The SMILES string of the molecule is C[C@H]1CCCS(O)(O)N1. The van der Waals surface area contributed by atoms with Crippen LogP contribution in [0, 0.1) is 0 Å². The van der Waals surface area contributed by atoms with E-state index >= 15 is 0 Å². The molecule has 56 valence electrons. The maximum Gasteiger partial charge on any atom is 0.0528 e. The van der Waals surface area contributed by atoms with Gasteiger partial charge in [-0.3, -0.25) is 9.11 Å². The monoisotopic (exact) mass is 151 g/mol. The van der Waals surface area contributed by atoms with E-state index in [1.807, 2.05) is 6.92 Å². The lowest BCUT2D eigenvalue weighted by atomic mass is 10.2. The molecule has 0 aromatic heterocycles. The zero-order chi connectivity index (χ0) is 6.91. The van der Waals surface area contributed by atoms with Crippen molar-refractivity contribution in [3.8, 4) is 0 Å². The maximum atomic E-state index is 9.07. The van der Waals surface area contributed by atoms with Gasteiger partial charge in [-0.2, -0.15) is 0 Å². The molecule has 3 N–H and O–H groups in total. The van der Waals surface area contributed by atoms with Crippen LogP contribution in [0.25, 0.3) is 0 Å². The Balaban J connectivity index is 2.41. The molecule has 1 atom stereocenters. The average Bonchev–Trinajstić information content (AvgIpc) is 1.60. The van der Waals surface area contributed by atoms with E-state index in [4.69, 9.17) is 9.11 Å². The molecule has 1 rings (SSSR count). The minimum atomic E-state index is -2.38. The molecule has 0 aromatic rings. The van der Waals surface area contributed by atoms with Crippen molar-refractivity contribution in [1.29, 1.82) is 0 Å². The van der Waals surface area contributed by atoms with E-state index in [0.717, 1.165) is 12.8 Å². The molecule has 0 saturated carbocycles. The zero-order valence-electron chi connectivity index (χ0n) is 5.50. The lowest BCUT2D eigenvalue weighted by Gasteiger charge is -2.39. The van der Waals surface area contributed by atoms with Gasteiger partial charge in [-0.1, -0.05) is 0 Å². The molecule has 1 fully saturated rings. The Labute approximate surface area is 56.9 Å². The van der Waals surface area contributed by atoms with Crippen molar-refractivity contribution in [2.45, 2.75) is 25.8 Å². The Morgan fingerprint density at radius 3 is 2.56 bits per heavy atom. The molecular formula is C5H13NO2S. The molecular weight excluding hydrogens is 138 g/mol. The summed E-state index contributed by atoms with van der Waals surface area (Å²) in [5.41, 5.74) is 0. The molecule has 0 spiro atoms. The quantitative estimate of drug-likeness (QED) is 0.491. The van der Waals surface area contributed by atoms with Crippen LogP contribution in [0.2, 0.25) is 0 Å². The van der Waals surface area contributed by atoms with Gasteiger partial charge < -0.3 is 0 Å². The van der Waals surface area contributed by atoms with Crippen LogP contribution < -0.4 is 4.72 Å². The Morgan fingerprint density at radius 2 is 2.22 bits per heavy atom. The summed E-state index contributed by atoms with van der Waals surface area (Å²) in [6.45, 7) is 1.97. The summed E-state index contributed by atoms with van der Waals surface area (Å²) in [4.78, 5) is 0. The van der Waals surface area contributed by atoms with Gasteiger partial charge in [-0.15, -0.1) is 10.8 Å². The van der Waals surface area contributed by atoms with E-state index in [-0.39, 0.29) is 6.04 Å². The molecule has 0 unspecified atom stereocenters. The van der Waals surface area contributed by atoms with Gasteiger partial charge in [0.1, 0.15) is 0 Å². The van der Waals surface area contributed by atoms with Crippen molar-refractivity contribution in [3.63, 3.8) is 0 Å². The predicted molar refractivity (Wildman–Crippen MR) is 39.5 cm³/mol. The minimum absolute atomic E-state index is 0.267. The van der Waals surface area contributed by atoms with E-state index in [1.54, 1.807) is 0 Å². The molecule has 1 saturated heterocycles. The van der Waals surface area contributed by atoms with E-state index in [9.17, 15) is 0 Å². The van der Waals surface area contributed by atoms with Crippen LogP contribution in [0.15, 0.2) is 0 Å². The fourth-order valence-electron chi connectivity index (χ4n) is 1.03. The number of hydrogen-bond donors (Lipinski definition) is 3. The smallest absolute Gasteiger partial charge is 0.0528 e. The van der Waals surface area contributed by atoms with Crippen LogP contribution in [0.4, 0.5) is 0 Å². The molecule has 0 bridgehead atoms. The van der Waals surface area contributed by atoms with Gasteiger partial charge in [-0.25, -0.2) is 4.72 Å². The van der Waals surface area contributed by atoms with Crippen molar-refractivity contribution in [3.05, 3.63) is 0 Å². The molecule has 0 aliphatic carbocycles. The highest BCUT2D eigenvalue weighted by atomic mass is 32.3. The highest BCUT2D eigenvalue weighted by molar-refractivity contribution is 8.22. The second kappa shape index (κ2) is 2.46. The second-order valence-electron chi connectivity index (χ2n) is 2.53. The summed E-state index contributed by atoms with van der Waals surface area (Å²) >= 11 is 0. The number of nitrogens with one attached hydrogen (secondary N) is 1. The van der Waals surface area contributed by atoms with Gasteiger partial charge in [0.2, 0.25) is 0 Å². The topological polar surface area (TPSA) is 52.5 Å². The zero-order valence-corrected chi connectivity index (χ0v) is 6.32. The molecule has 1 aliphatic rings. The molecule has 0 aromatic carbocycles. The Hall–Kier alpha value is 0.230. The molecule has 0 radical (unpaired) electrons. The average molecular weight is 151 g/mol. The molecule has 9 heavy (non-hydrogen) atoms. The van der Waals surface area contributed by atoms with Crippen LogP contribution >= 0.6 is 10.8 Å². The first-order valence-electron chi connectivity index (χ1n) is 3.13. The van der Waals surface area contributed by atoms with E-state index in [1.165, 1.54) is 0 Å². The highest BCUT2D eigenvalue weighted by Crippen LogP contribution is 2.38. The third kappa shape index (κ3) is 2.14. The molecule has 1 heterocycles. The van der Waals surface area contributed by atoms with Crippen molar-refractivity contribution in [1.82, 2.24) is 4.72 Å². The summed E-state index contributed by atoms with van der Waals surface area (Å²) in [5.74, 6) is 0.525. The van der Waals surface area contributed by atoms with Crippen LogP contribution in [-0.2, 0) is 0 Å². The lowest BCUT2D eigenvalue weighted by Crippen LogP contribution is -2.35. The third-order valence-corrected chi connectivity index (χ3v) is 3.09. The van der Waals surface area contributed by atoms with E-state index in [2.05, 4.69) is 4.72 Å². The van der Waals surface area contributed by atoms with Gasteiger partial charge in [0.05, 0.1) is 5.75 Å². The molecule has 4 heteroatoms. The fraction of sp³-hybridized carbons (Fsp3) is 1.00. The van der Waals surface area contributed by atoms with Crippen molar-refractivity contribution >= 4 is 10.8 Å². The summed E-state index contributed by atoms with van der Waals surface area (Å²) in [5, 5.41) is 0. The van der Waals surface area contributed by atoms with Gasteiger partial charge in [0.25, 0.3) is 0 Å². The first-order valence-corrected chi connectivity index (χ1v) is 4.85. The first-order chi connectivity index (χ1) is 4.10. The standard InChI is InChI=1S/C5H13NO2S/c1-5-3-2-4-9(7,8)6-5/h5-8H,2-4H2,1H3/t5-/m0/s1. The predicted octanol–water partition coefficient (Wildman–Crippen LogP) is 1.42. The van der Waals surface area contributed by atoms with Crippen LogP contribution in [0.5, 0.6) is 0 Å². The van der Waals surface area contributed by atoms with Gasteiger partial charge >= 0.3 is 0 Å². The Morgan fingerprint density at radius 1 is 1.56 bits per heavy atom. The molecule has 3 nitrogen and oxygen atoms in total.